The lowest BCUT2D eigenvalue weighted by Crippen LogP contribution is -2.45. The maximum Gasteiger partial charge on any atom is 0.253 e. The zero-order valence-electron chi connectivity index (χ0n) is 12.4. The standard InChI is InChI=1S/C16H22N2O2/c1-4-16(3,5-2)18-15(20)14-9-10-17-12-13(14)8-6-7-11-19/h9-10,12,19H,4-5,7,11H2,1-3H3,(H,18,20). The molecule has 0 spiro atoms. The van der Waals surface area contributed by atoms with Crippen LogP contribution < -0.4 is 5.32 Å². The Morgan fingerprint density at radius 2 is 2.15 bits per heavy atom. The number of carbonyl (C=O) groups is 1. The van der Waals surface area contributed by atoms with Gasteiger partial charge in [-0.25, -0.2) is 0 Å². The zero-order valence-corrected chi connectivity index (χ0v) is 12.4. The third kappa shape index (κ3) is 4.36. The normalized spacial score (nSPS) is 10.6. The fourth-order valence-corrected chi connectivity index (χ4v) is 1.67. The van der Waals surface area contributed by atoms with Gasteiger partial charge >= 0.3 is 0 Å². The van der Waals surface area contributed by atoms with Crippen molar-refractivity contribution in [3.05, 3.63) is 29.6 Å². The Balaban J connectivity index is 2.97. The highest BCUT2D eigenvalue weighted by Gasteiger charge is 2.23. The first-order chi connectivity index (χ1) is 9.56. The van der Waals surface area contributed by atoms with E-state index in [9.17, 15) is 4.79 Å². The van der Waals surface area contributed by atoms with Crippen LogP contribution in [0.1, 0.15) is 56.0 Å². The van der Waals surface area contributed by atoms with E-state index in [1.54, 1.807) is 18.5 Å². The third-order valence-electron chi connectivity index (χ3n) is 3.50. The predicted molar refractivity (Wildman–Crippen MR) is 79.3 cm³/mol. The Bertz CT molecular complexity index is 511. The van der Waals surface area contributed by atoms with Crippen LogP contribution >= 0.6 is 0 Å². The van der Waals surface area contributed by atoms with E-state index >= 15 is 0 Å². The van der Waals surface area contributed by atoms with Gasteiger partial charge in [-0.05, 0) is 25.8 Å². The Hall–Kier alpha value is -1.86. The molecule has 0 saturated carbocycles. The molecular formula is C16H22N2O2. The molecule has 20 heavy (non-hydrogen) atoms. The molecule has 1 rings (SSSR count). The molecule has 4 heteroatoms. The molecule has 1 aromatic heterocycles. The van der Waals surface area contributed by atoms with Crippen molar-refractivity contribution >= 4 is 5.91 Å². The lowest BCUT2D eigenvalue weighted by Gasteiger charge is -2.28. The minimum Gasteiger partial charge on any atom is -0.395 e. The molecule has 0 radical (unpaired) electrons. The van der Waals surface area contributed by atoms with Gasteiger partial charge < -0.3 is 10.4 Å². The van der Waals surface area contributed by atoms with E-state index in [4.69, 9.17) is 5.11 Å². The van der Waals surface area contributed by atoms with Crippen molar-refractivity contribution < 1.29 is 9.90 Å². The topological polar surface area (TPSA) is 62.2 Å². The molecule has 2 N–H and O–H groups in total. The molecule has 4 nitrogen and oxygen atoms in total. The summed E-state index contributed by atoms with van der Waals surface area (Å²) in [7, 11) is 0. The number of hydrogen-bond donors (Lipinski definition) is 2. The maximum atomic E-state index is 12.4. The quantitative estimate of drug-likeness (QED) is 0.808. The summed E-state index contributed by atoms with van der Waals surface area (Å²) in [5.41, 5.74) is 0.905. The van der Waals surface area contributed by atoms with E-state index in [1.165, 1.54) is 0 Å². The van der Waals surface area contributed by atoms with Crippen LogP contribution in [0.15, 0.2) is 18.5 Å². The van der Waals surface area contributed by atoms with Crippen molar-refractivity contribution in [2.75, 3.05) is 6.61 Å². The SMILES string of the molecule is CCC(C)(CC)NC(=O)c1ccncc1C#CCCO. The molecule has 0 aliphatic rings. The summed E-state index contributed by atoms with van der Waals surface area (Å²) < 4.78 is 0. The van der Waals surface area contributed by atoms with Gasteiger partial charge in [0.1, 0.15) is 0 Å². The highest BCUT2D eigenvalue weighted by Crippen LogP contribution is 2.15. The number of aromatic nitrogens is 1. The van der Waals surface area contributed by atoms with Gasteiger partial charge in [-0.3, -0.25) is 9.78 Å². The molecule has 1 aromatic rings. The Labute approximate surface area is 120 Å². The van der Waals surface area contributed by atoms with Gasteiger partial charge in [-0.15, -0.1) is 0 Å². The van der Waals surface area contributed by atoms with Crippen molar-refractivity contribution in [3.63, 3.8) is 0 Å². The molecular weight excluding hydrogens is 252 g/mol. The van der Waals surface area contributed by atoms with Crippen LogP contribution in [-0.4, -0.2) is 28.1 Å². The number of nitrogens with one attached hydrogen (secondary N) is 1. The minimum atomic E-state index is -0.212. The first-order valence-corrected chi connectivity index (χ1v) is 6.92. The lowest BCUT2D eigenvalue weighted by molar-refractivity contribution is 0.0900. The van der Waals surface area contributed by atoms with Crippen LogP contribution in [0.5, 0.6) is 0 Å². The molecule has 108 valence electrons. The fraction of sp³-hybridized carbons (Fsp3) is 0.500. The van der Waals surface area contributed by atoms with Crippen molar-refractivity contribution in [1.29, 1.82) is 0 Å². The predicted octanol–water partition coefficient (Wildman–Crippen LogP) is 2.12. The monoisotopic (exact) mass is 274 g/mol. The summed E-state index contributed by atoms with van der Waals surface area (Å²) in [6.07, 6.45) is 5.28. The molecule has 0 aliphatic carbocycles. The van der Waals surface area contributed by atoms with Crippen molar-refractivity contribution in [2.45, 2.75) is 45.6 Å². The average molecular weight is 274 g/mol. The van der Waals surface area contributed by atoms with Gasteiger partial charge in [0.15, 0.2) is 0 Å². The highest BCUT2D eigenvalue weighted by atomic mass is 16.2. The molecule has 0 aliphatic heterocycles. The first kappa shape index (κ1) is 16.2. The molecule has 0 unspecified atom stereocenters. The van der Waals surface area contributed by atoms with Crippen LogP contribution in [-0.2, 0) is 0 Å². The van der Waals surface area contributed by atoms with Crippen molar-refractivity contribution in [2.24, 2.45) is 0 Å². The lowest BCUT2D eigenvalue weighted by atomic mass is 9.95. The second kappa shape index (κ2) is 7.66. The van der Waals surface area contributed by atoms with Crippen LogP contribution in [0.3, 0.4) is 0 Å². The summed E-state index contributed by atoms with van der Waals surface area (Å²) in [4.78, 5) is 16.4. The number of nitrogens with zero attached hydrogens (tertiary/aromatic N) is 1. The van der Waals surface area contributed by atoms with Gasteiger partial charge in [-0.1, -0.05) is 25.7 Å². The fourth-order valence-electron chi connectivity index (χ4n) is 1.67. The summed E-state index contributed by atoms with van der Waals surface area (Å²) in [5, 5.41) is 11.8. The minimum absolute atomic E-state index is 0.0124. The molecule has 0 fully saturated rings. The molecule has 0 atom stereocenters. The van der Waals surface area contributed by atoms with Crippen LogP contribution in [0.25, 0.3) is 0 Å². The molecule has 1 heterocycles. The average Bonchev–Trinajstić information content (AvgIpc) is 2.47. The number of hydrogen-bond acceptors (Lipinski definition) is 3. The van der Waals surface area contributed by atoms with E-state index in [-0.39, 0.29) is 18.1 Å². The van der Waals surface area contributed by atoms with Gasteiger partial charge in [0, 0.05) is 24.4 Å². The number of pyridine rings is 1. The number of amides is 1. The van der Waals surface area contributed by atoms with E-state index in [0.29, 0.717) is 17.5 Å². The Morgan fingerprint density at radius 1 is 1.45 bits per heavy atom. The summed E-state index contributed by atoms with van der Waals surface area (Å²) in [6, 6.07) is 1.67. The van der Waals surface area contributed by atoms with E-state index in [0.717, 1.165) is 12.8 Å². The van der Waals surface area contributed by atoms with Crippen LogP contribution in [0, 0.1) is 11.8 Å². The van der Waals surface area contributed by atoms with Crippen LogP contribution in [0.2, 0.25) is 0 Å². The largest absolute Gasteiger partial charge is 0.395 e. The molecule has 0 aromatic carbocycles. The summed E-state index contributed by atoms with van der Waals surface area (Å²) in [6.45, 7) is 6.15. The van der Waals surface area contributed by atoms with Crippen molar-refractivity contribution in [3.8, 4) is 11.8 Å². The Morgan fingerprint density at radius 3 is 2.75 bits per heavy atom. The van der Waals surface area contributed by atoms with E-state index in [2.05, 4.69) is 36.0 Å². The van der Waals surface area contributed by atoms with Gasteiger partial charge in [-0.2, -0.15) is 0 Å². The number of carbonyl (C=O) groups excluding carboxylic acids is 1. The van der Waals surface area contributed by atoms with E-state index in [1.807, 2.05) is 6.92 Å². The highest BCUT2D eigenvalue weighted by molar-refractivity contribution is 5.97. The maximum absolute atomic E-state index is 12.4. The number of aliphatic hydroxyl groups is 1. The smallest absolute Gasteiger partial charge is 0.253 e. The van der Waals surface area contributed by atoms with E-state index < -0.39 is 0 Å². The zero-order chi connectivity index (χ0) is 15.0. The third-order valence-corrected chi connectivity index (χ3v) is 3.50. The second-order valence-corrected chi connectivity index (χ2v) is 4.92. The summed E-state index contributed by atoms with van der Waals surface area (Å²) >= 11 is 0. The van der Waals surface area contributed by atoms with Gasteiger partial charge in [0.2, 0.25) is 0 Å². The van der Waals surface area contributed by atoms with Crippen molar-refractivity contribution in [1.82, 2.24) is 10.3 Å². The Kier molecular flexibility index (Phi) is 6.20. The number of rotatable bonds is 5. The summed E-state index contributed by atoms with van der Waals surface area (Å²) in [5.74, 6) is 5.57. The van der Waals surface area contributed by atoms with Gasteiger partial charge in [0.25, 0.3) is 5.91 Å². The number of aliphatic hydroxyl groups excluding tert-OH is 1. The first-order valence-electron chi connectivity index (χ1n) is 6.92. The van der Waals surface area contributed by atoms with Crippen LogP contribution in [0.4, 0.5) is 0 Å². The molecule has 1 amide bonds. The molecule has 0 saturated heterocycles. The second-order valence-electron chi connectivity index (χ2n) is 4.92. The molecule has 0 bridgehead atoms. The van der Waals surface area contributed by atoms with Gasteiger partial charge in [0.05, 0.1) is 17.7 Å².